The first-order valence-electron chi connectivity index (χ1n) is 13.3. The summed E-state index contributed by atoms with van der Waals surface area (Å²) in [7, 11) is 4.32. The topological polar surface area (TPSA) is 38.7 Å². The Morgan fingerprint density at radius 3 is 1.45 bits per heavy atom. The maximum atomic E-state index is 5.16. The summed E-state index contributed by atoms with van der Waals surface area (Å²) in [6.07, 6.45) is 0.270. The SMILES string of the molecule is Cc1cc(N2c3nc4ccccc4cc3N(C)[C@H]2C)c(C)c(N2c3nc4ccccc4cc3N(C)[C@@H]2C)c1. The first-order valence-corrected chi connectivity index (χ1v) is 13.3. The van der Waals surface area contributed by atoms with Crippen molar-refractivity contribution in [3.63, 3.8) is 0 Å². The van der Waals surface area contributed by atoms with E-state index in [0.29, 0.717) is 0 Å². The fourth-order valence-corrected chi connectivity index (χ4v) is 6.12. The van der Waals surface area contributed by atoms with E-state index in [-0.39, 0.29) is 12.3 Å². The van der Waals surface area contributed by atoms with Gasteiger partial charge in [-0.3, -0.25) is 0 Å². The number of aryl methyl sites for hydroxylation is 1. The molecule has 0 amide bonds. The summed E-state index contributed by atoms with van der Waals surface area (Å²) in [6, 6.07) is 25.9. The van der Waals surface area contributed by atoms with Crippen molar-refractivity contribution in [1.82, 2.24) is 9.97 Å². The van der Waals surface area contributed by atoms with Crippen molar-refractivity contribution in [3.05, 3.63) is 83.9 Å². The molecule has 7 rings (SSSR count). The minimum Gasteiger partial charge on any atom is -0.351 e. The number of para-hydroxylation sites is 2. The van der Waals surface area contributed by atoms with Crippen LogP contribution in [0.5, 0.6) is 0 Å². The number of rotatable bonds is 2. The molecule has 6 nitrogen and oxygen atoms in total. The van der Waals surface area contributed by atoms with Crippen molar-refractivity contribution in [2.24, 2.45) is 0 Å². The number of nitrogens with zero attached hydrogens (tertiary/aromatic N) is 6. The van der Waals surface area contributed by atoms with Crippen molar-refractivity contribution in [1.29, 1.82) is 0 Å². The third-order valence-corrected chi connectivity index (χ3v) is 8.47. The van der Waals surface area contributed by atoms with Gasteiger partial charge in [0.05, 0.1) is 22.4 Å². The Labute approximate surface area is 223 Å². The molecule has 0 saturated heterocycles. The molecule has 0 saturated carbocycles. The number of pyridine rings is 2. The summed E-state index contributed by atoms with van der Waals surface area (Å²) >= 11 is 0. The first kappa shape index (κ1) is 22.8. The highest BCUT2D eigenvalue weighted by molar-refractivity contribution is 5.95. The van der Waals surface area contributed by atoms with Gasteiger partial charge in [0, 0.05) is 36.2 Å². The molecule has 4 heterocycles. The summed E-state index contributed by atoms with van der Waals surface area (Å²) in [6.45, 7) is 8.93. The highest BCUT2D eigenvalue weighted by Gasteiger charge is 2.38. The lowest BCUT2D eigenvalue weighted by molar-refractivity contribution is 0.722. The number of benzene rings is 3. The van der Waals surface area contributed by atoms with E-state index in [0.717, 1.165) is 44.8 Å². The van der Waals surface area contributed by atoms with E-state index >= 15 is 0 Å². The molecule has 6 heteroatoms. The normalized spacial score (nSPS) is 18.6. The summed E-state index contributed by atoms with van der Waals surface area (Å²) in [4.78, 5) is 19.8. The molecule has 0 spiro atoms. The van der Waals surface area contributed by atoms with Crippen LogP contribution in [0.2, 0.25) is 0 Å². The van der Waals surface area contributed by atoms with Gasteiger partial charge in [0.15, 0.2) is 11.6 Å². The molecule has 3 aromatic carbocycles. The quantitative estimate of drug-likeness (QED) is 0.254. The molecule has 5 aromatic rings. The lowest BCUT2D eigenvalue weighted by Gasteiger charge is -2.33. The monoisotopic (exact) mass is 500 g/mol. The maximum Gasteiger partial charge on any atom is 0.159 e. The molecule has 2 atom stereocenters. The minimum absolute atomic E-state index is 0.135. The molecule has 0 radical (unpaired) electrons. The average Bonchev–Trinajstić information content (AvgIpc) is 3.30. The number of aromatic nitrogens is 2. The zero-order valence-corrected chi connectivity index (χ0v) is 22.8. The Kier molecular flexibility index (Phi) is 4.86. The molecule has 2 aliphatic rings. The van der Waals surface area contributed by atoms with Crippen LogP contribution < -0.4 is 19.6 Å². The molecule has 0 bridgehead atoms. The van der Waals surface area contributed by atoms with Gasteiger partial charge in [-0.05, 0) is 75.2 Å². The molecular formula is C32H32N6. The lowest BCUT2D eigenvalue weighted by Crippen LogP contribution is -2.37. The summed E-state index contributed by atoms with van der Waals surface area (Å²) in [5.74, 6) is 2.02. The van der Waals surface area contributed by atoms with Crippen LogP contribution in [-0.4, -0.2) is 36.4 Å². The van der Waals surface area contributed by atoms with Crippen LogP contribution in [0.15, 0.2) is 72.8 Å². The van der Waals surface area contributed by atoms with Crippen molar-refractivity contribution in [3.8, 4) is 0 Å². The summed E-state index contributed by atoms with van der Waals surface area (Å²) in [5.41, 5.74) is 9.16. The Balaban J connectivity index is 1.41. The Morgan fingerprint density at radius 2 is 1.00 bits per heavy atom. The van der Waals surface area contributed by atoms with Crippen molar-refractivity contribution in [2.75, 3.05) is 33.7 Å². The molecule has 0 N–H and O–H groups in total. The van der Waals surface area contributed by atoms with Crippen molar-refractivity contribution < 1.29 is 0 Å². The third-order valence-electron chi connectivity index (χ3n) is 8.47. The molecule has 0 fully saturated rings. The van der Waals surface area contributed by atoms with E-state index in [9.17, 15) is 0 Å². The van der Waals surface area contributed by atoms with E-state index in [1.54, 1.807) is 0 Å². The first-order chi connectivity index (χ1) is 18.3. The van der Waals surface area contributed by atoms with Crippen LogP contribution in [0.3, 0.4) is 0 Å². The van der Waals surface area contributed by atoms with E-state index in [1.807, 2.05) is 0 Å². The van der Waals surface area contributed by atoms with Crippen molar-refractivity contribution in [2.45, 2.75) is 40.0 Å². The second-order valence-electron chi connectivity index (χ2n) is 10.7. The molecule has 38 heavy (non-hydrogen) atoms. The zero-order chi connectivity index (χ0) is 26.3. The van der Waals surface area contributed by atoms with Crippen LogP contribution in [-0.2, 0) is 0 Å². The molecular weight excluding hydrogens is 468 g/mol. The van der Waals surface area contributed by atoms with Gasteiger partial charge in [-0.2, -0.15) is 0 Å². The highest BCUT2D eigenvalue weighted by Crippen LogP contribution is 2.49. The van der Waals surface area contributed by atoms with Gasteiger partial charge in [-0.15, -0.1) is 0 Å². The fourth-order valence-electron chi connectivity index (χ4n) is 6.12. The fraction of sp³-hybridized carbons (Fsp3) is 0.250. The number of fused-ring (bicyclic) bond motifs is 4. The van der Waals surface area contributed by atoms with Crippen LogP contribution in [0, 0.1) is 13.8 Å². The number of hydrogen-bond acceptors (Lipinski definition) is 6. The van der Waals surface area contributed by atoms with Gasteiger partial charge in [-0.1, -0.05) is 36.4 Å². The highest BCUT2D eigenvalue weighted by atomic mass is 15.4. The molecule has 190 valence electrons. The zero-order valence-electron chi connectivity index (χ0n) is 22.8. The molecule has 0 aliphatic carbocycles. The van der Waals surface area contributed by atoms with Gasteiger partial charge in [-0.25, -0.2) is 9.97 Å². The molecule has 2 aliphatic heterocycles. The van der Waals surface area contributed by atoms with Crippen LogP contribution in [0.25, 0.3) is 21.8 Å². The lowest BCUT2D eigenvalue weighted by atomic mass is 10.0. The Bertz CT molecular complexity index is 1620. The van der Waals surface area contributed by atoms with E-state index < -0.39 is 0 Å². The van der Waals surface area contributed by atoms with Crippen LogP contribution in [0.1, 0.15) is 25.0 Å². The second-order valence-corrected chi connectivity index (χ2v) is 10.7. The maximum absolute atomic E-state index is 5.16. The molecule has 2 aromatic heterocycles. The third kappa shape index (κ3) is 3.13. The largest absolute Gasteiger partial charge is 0.351 e. The smallest absolute Gasteiger partial charge is 0.159 e. The Hall–Kier alpha value is -4.32. The predicted octanol–water partition coefficient (Wildman–Crippen LogP) is 7.27. The second kappa shape index (κ2) is 8.09. The summed E-state index contributed by atoms with van der Waals surface area (Å²) in [5, 5.41) is 2.33. The van der Waals surface area contributed by atoms with Gasteiger partial charge >= 0.3 is 0 Å². The van der Waals surface area contributed by atoms with Gasteiger partial charge in [0.2, 0.25) is 0 Å². The van der Waals surface area contributed by atoms with Gasteiger partial charge in [0.25, 0.3) is 0 Å². The van der Waals surface area contributed by atoms with Crippen LogP contribution >= 0.6 is 0 Å². The minimum atomic E-state index is 0.135. The van der Waals surface area contributed by atoms with E-state index in [4.69, 9.17) is 9.97 Å². The Morgan fingerprint density at radius 1 is 0.579 bits per heavy atom. The summed E-state index contributed by atoms with van der Waals surface area (Å²) < 4.78 is 0. The number of hydrogen-bond donors (Lipinski definition) is 0. The molecule has 0 unspecified atom stereocenters. The van der Waals surface area contributed by atoms with Crippen molar-refractivity contribution >= 4 is 56.2 Å². The predicted molar refractivity (Wildman–Crippen MR) is 159 cm³/mol. The number of anilines is 6. The van der Waals surface area contributed by atoms with Gasteiger partial charge in [0.1, 0.15) is 12.3 Å². The average molecular weight is 501 g/mol. The van der Waals surface area contributed by atoms with Gasteiger partial charge < -0.3 is 19.6 Å². The van der Waals surface area contributed by atoms with Crippen LogP contribution in [0.4, 0.5) is 34.4 Å². The van der Waals surface area contributed by atoms with E-state index in [2.05, 4.69) is 134 Å². The van der Waals surface area contributed by atoms with E-state index in [1.165, 1.54) is 22.5 Å². The standard InChI is InChI=1S/C32H32N6/c1-19-15-27(37-21(3)35(5)29-17-23-11-7-9-13-25(23)33-31(29)37)20(2)28(16-19)38-22(4)36(6)30-18-24-12-8-10-14-26(24)34-32(30)38/h7-18,21-22H,1-6H3/t21-,22+.